The van der Waals surface area contributed by atoms with Crippen molar-refractivity contribution in [2.45, 2.75) is 4.90 Å². The standard InChI is InChI=1S/C8H9NOS/c9-5-8(10)6-1-3-7(11)4-2-6/h1-4,11H,5,9H2. The van der Waals surface area contributed by atoms with Gasteiger partial charge in [-0.3, -0.25) is 4.79 Å². The fourth-order valence-electron chi connectivity index (χ4n) is 0.765. The Morgan fingerprint density at radius 3 is 2.36 bits per heavy atom. The molecule has 0 atom stereocenters. The van der Waals surface area contributed by atoms with Crippen LogP contribution in [0, 0.1) is 0 Å². The molecule has 0 saturated carbocycles. The Hall–Kier alpha value is -0.800. The second-order valence-electron chi connectivity index (χ2n) is 2.17. The summed E-state index contributed by atoms with van der Waals surface area (Å²) in [5.74, 6) is -0.0432. The number of carbonyl (C=O) groups excluding carboxylic acids is 1. The molecule has 11 heavy (non-hydrogen) atoms. The molecule has 58 valence electrons. The van der Waals surface area contributed by atoms with Crippen LogP contribution < -0.4 is 5.73 Å². The lowest BCUT2D eigenvalue weighted by atomic mass is 10.1. The fourth-order valence-corrected chi connectivity index (χ4v) is 0.914. The smallest absolute Gasteiger partial charge is 0.176 e. The van der Waals surface area contributed by atoms with Crippen LogP contribution in [0.3, 0.4) is 0 Å². The minimum absolute atomic E-state index is 0.0432. The van der Waals surface area contributed by atoms with Crippen LogP contribution in [0.4, 0.5) is 0 Å². The van der Waals surface area contributed by atoms with Gasteiger partial charge in [0.1, 0.15) is 0 Å². The van der Waals surface area contributed by atoms with Gasteiger partial charge in [-0.05, 0) is 12.1 Å². The lowest BCUT2D eigenvalue weighted by molar-refractivity contribution is 0.100. The Morgan fingerprint density at radius 2 is 1.91 bits per heavy atom. The summed E-state index contributed by atoms with van der Waals surface area (Å²) in [5.41, 5.74) is 5.82. The minimum atomic E-state index is -0.0432. The summed E-state index contributed by atoms with van der Waals surface area (Å²) in [6, 6.07) is 6.98. The fraction of sp³-hybridized carbons (Fsp3) is 0.125. The molecule has 3 heteroatoms. The molecule has 0 amide bonds. The van der Waals surface area contributed by atoms with E-state index in [0.29, 0.717) is 5.56 Å². The van der Waals surface area contributed by atoms with Crippen LogP contribution in [0.2, 0.25) is 0 Å². The van der Waals surface area contributed by atoms with Crippen molar-refractivity contribution >= 4 is 18.4 Å². The molecule has 0 radical (unpaired) electrons. The largest absolute Gasteiger partial charge is 0.324 e. The molecule has 0 aromatic heterocycles. The second-order valence-corrected chi connectivity index (χ2v) is 2.69. The Balaban J connectivity index is 2.90. The van der Waals surface area contributed by atoms with Gasteiger partial charge >= 0.3 is 0 Å². The highest BCUT2D eigenvalue weighted by Crippen LogP contribution is 2.07. The lowest BCUT2D eigenvalue weighted by Crippen LogP contribution is -2.13. The summed E-state index contributed by atoms with van der Waals surface area (Å²) in [6.07, 6.45) is 0. The first-order valence-corrected chi connectivity index (χ1v) is 3.71. The average molecular weight is 167 g/mol. The number of thiol groups is 1. The molecular weight excluding hydrogens is 158 g/mol. The van der Waals surface area contributed by atoms with Crippen molar-refractivity contribution in [1.29, 1.82) is 0 Å². The SMILES string of the molecule is NCC(=O)c1ccc(S)cc1. The number of nitrogens with two attached hydrogens (primary N) is 1. The lowest BCUT2D eigenvalue weighted by Gasteiger charge is -1.96. The van der Waals surface area contributed by atoms with Crippen LogP contribution in [0.15, 0.2) is 29.2 Å². The molecular formula is C8H9NOS. The zero-order valence-electron chi connectivity index (χ0n) is 5.95. The zero-order chi connectivity index (χ0) is 8.27. The summed E-state index contributed by atoms with van der Waals surface area (Å²) in [5, 5.41) is 0. The van der Waals surface area contributed by atoms with Crippen molar-refractivity contribution in [3.05, 3.63) is 29.8 Å². The summed E-state index contributed by atoms with van der Waals surface area (Å²) in [6.45, 7) is 0.0614. The van der Waals surface area contributed by atoms with Crippen molar-refractivity contribution in [3.63, 3.8) is 0 Å². The van der Waals surface area contributed by atoms with E-state index in [-0.39, 0.29) is 12.3 Å². The van der Waals surface area contributed by atoms with Gasteiger partial charge in [0.25, 0.3) is 0 Å². The number of hydrogen-bond acceptors (Lipinski definition) is 3. The predicted molar refractivity (Wildman–Crippen MR) is 47.1 cm³/mol. The van der Waals surface area contributed by atoms with Gasteiger partial charge in [-0.1, -0.05) is 12.1 Å². The van der Waals surface area contributed by atoms with Gasteiger partial charge in [-0.25, -0.2) is 0 Å². The van der Waals surface area contributed by atoms with E-state index in [1.54, 1.807) is 24.3 Å². The molecule has 2 nitrogen and oxygen atoms in total. The van der Waals surface area contributed by atoms with Gasteiger partial charge in [-0.2, -0.15) is 0 Å². The van der Waals surface area contributed by atoms with Crippen molar-refractivity contribution in [3.8, 4) is 0 Å². The third kappa shape index (κ3) is 2.06. The van der Waals surface area contributed by atoms with Gasteiger partial charge < -0.3 is 5.73 Å². The minimum Gasteiger partial charge on any atom is -0.324 e. The van der Waals surface area contributed by atoms with Crippen molar-refractivity contribution in [1.82, 2.24) is 0 Å². The van der Waals surface area contributed by atoms with Gasteiger partial charge in [-0.15, -0.1) is 12.6 Å². The Kier molecular flexibility index (Phi) is 2.68. The Bertz CT molecular complexity index is 255. The van der Waals surface area contributed by atoms with Gasteiger partial charge in [0.05, 0.1) is 6.54 Å². The van der Waals surface area contributed by atoms with E-state index in [0.717, 1.165) is 4.90 Å². The van der Waals surface area contributed by atoms with Crippen LogP contribution in [0.25, 0.3) is 0 Å². The van der Waals surface area contributed by atoms with E-state index in [4.69, 9.17) is 5.73 Å². The third-order valence-electron chi connectivity index (χ3n) is 1.37. The summed E-state index contributed by atoms with van der Waals surface area (Å²) >= 11 is 4.09. The predicted octanol–water partition coefficient (Wildman–Crippen LogP) is 1.12. The number of benzene rings is 1. The highest BCUT2D eigenvalue weighted by atomic mass is 32.1. The number of rotatable bonds is 2. The highest BCUT2D eigenvalue weighted by Gasteiger charge is 2.00. The van der Waals surface area contributed by atoms with E-state index in [9.17, 15) is 4.79 Å². The number of ketones is 1. The summed E-state index contributed by atoms with van der Waals surface area (Å²) in [4.78, 5) is 11.8. The highest BCUT2D eigenvalue weighted by molar-refractivity contribution is 7.80. The zero-order valence-corrected chi connectivity index (χ0v) is 6.84. The van der Waals surface area contributed by atoms with Crippen LogP contribution in [-0.4, -0.2) is 12.3 Å². The van der Waals surface area contributed by atoms with Crippen molar-refractivity contribution < 1.29 is 4.79 Å². The van der Waals surface area contributed by atoms with E-state index < -0.39 is 0 Å². The van der Waals surface area contributed by atoms with Crippen LogP contribution in [-0.2, 0) is 0 Å². The second kappa shape index (κ2) is 3.55. The quantitative estimate of drug-likeness (QED) is 0.512. The van der Waals surface area contributed by atoms with E-state index in [1.165, 1.54) is 0 Å². The number of carbonyl (C=O) groups is 1. The first-order chi connectivity index (χ1) is 5.24. The molecule has 0 heterocycles. The van der Waals surface area contributed by atoms with E-state index in [2.05, 4.69) is 12.6 Å². The molecule has 1 aromatic carbocycles. The molecule has 1 aromatic rings. The number of hydrogen-bond donors (Lipinski definition) is 2. The normalized spacial score (nSPS) is 9.64. The average Bonchev–Trinajstić information content (AvgIpc) is 2.05. The molecule has 0 aliphatic carbocycles. The molecule has 0 fully saturated rings. The molecule has 0 saturated heterocycles. The first-order valence-electron chi connectivity index (χ1n) is 3.26. The topological polar surface area (TPSA) is 43.1 Å². The molecule has 0 spiro atoms. The van der Waals surface area contributed by atoms with Crippen molar-refractivity contribution in [2.75, 3.05) is 6.54 Å². The van der Waals surface area contributed by atoms with Gasteiger partial charge in [0.2, 0.25) is 0 Å². The molecule has 0 unspecified atom stereocenters. The molecule has 2 N–H and O–H groups in total. The first kappa shape index (κ1) is 8.30. The molecule has 0 bridgehead atoms. The number of Topliss-reactive ketones (excluding diaryl/α,β-unsaturated/α-hetero) is 1. The summed E-state index contributed by atoms with van der Waals surface area (Å²) in [7, 11) is 0. The molecule has 0 aliphatic heterocycles. The monoisotopic (exact) mass is 167 g/mol. The van der Waals surface area contributed by atoms with E-state index in [1.807, 2.05) is 0 Å². The maximum Gasteiger partial charge on any atom is 0.176 e. The van der Waals surface area contributed by atoms with Gasteiger partial charge in [0, 0.05) is 10.5 Å². The van der Waals surface area contributed by atoms with Crippen LogP contribution >= 0.6 is 12.6 Å². The summed E-state index contributed by atoms with van der Waals surface area (Å²) < 4.78 is 0. The van der Waals surface area contributed by atoms with Crippen LogP contribution in [0.5, 0.6) is 0 Å². The van der Waals surface area contributed by atoms with Crippen molar-refractivity contribution in [2.24, 2.45) is 5.73 Å². The van der Waals surface area contributed by atoms with Crippen LogP contribution in [0.1, 0.15) is 10.4 Å². The Morgan fingerprint density at radius 1 is 1.36 bits per heavy atom. The molecule has 1 rings (SSSR count). The van der Waals surface area contributed by atoms with Gasteiger partial charge in [0.15, 0.2) is 5.78 Å². The third-order valence-corrected chi connectivity index (χ3v) is 1.67. The Labute approximate surface area is 70.8 Å². The maximum absolute atomic E-state index is 11.0. The van der Waals surface area contributed by atoms with E-state index >= 15 is 0 Å². The maximum atomic E-state index is 11.0. The molecule has 0 aliphatic rings.